The highest BCUT2D eigenvalue weighted by molar-refractivity contribution is 5.52. The quantitative estimate of drug-likeness (QED) is 0.855. The number of halogens is 2. The summed E-state index contributed by atoms with van der Waals surface area (Å²) in [6.07, 6.45) is 0.742. The molecule has 0 aliphatic heterocycles. The van der Waals surface area contributed by atoms with Crippen LogP contribution >= 0.6 is 0 Å². The van der Waals surface area contributed by atoms with Gasteiger partial charge in [0.05, 0.1) is 12.6 Å². The summed E-state index contributed by atoms with van der Waals surface area (Å²) < 4.78 is 32.7. The Hall–Kier alpha value is -1.94. The van der Waals surface area contributed by atoms with Crippen molar-refractivity contribution in [2.75, 3.05) is 19.0 Å². The molecule has 0 saturated heterocycles. The van der Waals surface area contributed by atoms with Gasteiger partial charge in [-0.05, 0) is 37.1 Å². The highest BCUT2D eigenvalue weighted by Gasteiger charge is 2.16. The lowest BCUT2D eigenvalue weighted by Gasteiger charge is -2.19. The van der Waals surface area contributed by atoms with Gasteiger partial charge in [-0.1, -0.05) is 24.3 Å². The summed E-state index contributed by atoms with van der Waals surface area (Å²) in [5.74, 6) is -1.08. The zero-order chi connectivity index (χ0) is 15.2. The predicted molar refractivity (Wildman–Crippen MR) is 80.4 cm³/mol. The third-order valence-electron chi connectivity index (χ3n) is 3.40. The number of nitrogens with one attached hydrogen (secondary N) is 1. The van der Waals surface area contributed by atoms with Crippen LogP contribution in [0.25, 0.3) is 0 Å². The van der Waals surface area contributed by atoms with E-state index in [-0.39, 0.29) is 5.56 Å². The molecular weight excluding hydrogens is 272 g/mol. The van der Waals surface area contributed by atoms with Crippen molar-refractivity contribution in [3.63, 3.8) is 0 Å². The zero-order valence-electron chi connectivity index (χ0n) is 12.2. The highest BCUT2D eigenvalue weighted by Crippen LogP contribution is 2.26. The molecule has 2 nitrogen and oxygen atoms in total. The van der Waals surface area contributed by atoms with E-state index in [1.54, 1.807) is 14.0 Å². The summed E-state index contributed by atoms with van der Waals surface area (Å²) in [7, 11) is 1.65. The number of rotatable bonds is 6. The lowest BCUT2D eigenvalue weighted by Crippen LogP contribution is -2.12. The summed E-state index contributed by atoms with van der Waals surface area (Å²) in [5, 5.41) is 3.18. The fourth-order valence-electron chi connectivity index (χ4n) is 2.32. The van der Waals surface area contributed by atoms with E-state index in [1.165, 1.54) is 18.2 Å². The van der Waals surface area contributed by atoms with Crippen LogP contribution in [0.15, 0.2) is 42.5 Å². The normalized spacial score (nSPS) is 12.2. The molecule has 0 aliphatic carbocycles. The minimum atomic E-state index is -0.538. The van der Waals surface area contributed by atoms with E-state index >= 15 is 0 Å². The molecule has 2 aromatic carbocycles. The maximum Gasteiger partial charge on any atom is 0.131 e. The van der Waals surface area contributed by atoms with Crippen LogP contribution in [-0.2, 0) is 11.2 Å². The Morgan fingerprint density at radius 3 is 2.38 bits per heavy atom. The van der Waals surface area contributed by atoms with Crippen molar-refractivity contribution in [1.29, 1.82) is 0 Å². The summed E-state index contributed by atoms with van der Waals surface area (Å²) in [5.41, 5.74) is 1.98. The molecule has 0 aromatic heterocycles. The van der Waals surface area contributed by atoms with Crippen LogP contribution < -0.4 is 5.32 Å². The maximum absolute atomic E-state index is 13.8. The summed E-state index contributed by atoms with van der Waals surface area (Å²) in [6, 6.07) is 11.2. The van der Waals surface area contributed by atoms with Gasteiger partial charge in [-0.15, -0.1) is 0 Å². The summed E-state index contributed by atoms with van der Waals surface area (Å²) in [4.78, 5) is 0. The second kappa shape index (κ2) is 7.18. The molecule has 0 saturated carbocycles. The first kappa shape index (κ1) is 15.4. The molecule has 21 heavy (non-hydrogen) atoms. The topological polar surface area (TPSA) is 21.3 Å². The molecule has 0 heterocycles. The Morgan fingerprint density at radius 2 is 1.71 bits per heavy atom. The molecular formula is C17H19F2NO. The van der Waals surface area contributed by atoms with Gasteiger partial charge in [0, 0.05) is 18.4 Å². The Kier molecular flexibility index (Phi) is 5.28. The minimum absolute atomic E-state index is 0.0547. The molecule has 2 rings (SSSR count). The van der Waals surface area contributed by atoms with Gasteiger partial charge >= 0.3 is 0 Å². The van der Waals surface area contributed by atoms with Gasteiger partial charge < -0.3 is 10.1 Å². The van der Waals surface area contributed by atoms with Crippen molar-refractivity contribution in [3.05, 3.63) is 65.2 Å². The lowest BCUT2D eigenvalue weighted by molar-refractivity contribution is 0.202. The van der Waals surface area contributed by atoms with E-state index < -0.39 is 17.7 Å². The second-order valence-electron chi connectivity index (χ2n) is 4.90. The van der Waals surface area contributed by atoms with Crippen molar-refractivity contribution in [1.82, 2.24) is 0 Å². The number of para-hydroxylation sites is 1. The Balaban J connectivity index is 2.21. The number of methoxy groups -OCH3 is 1. The Labute approximate surface area is 123 Å². The van der Waals surface area contributed by atoms with E-state index in [2.05, 4.69) is 5.32 Å². The van der Waals surface area contributed by atoms with Gasteiger partial charge in [0.25, 0.3) is 0 Å². The van der Waals surface area contributed by atoms with Crippen LogP contribution in [0.5, 0.6) is 0 Å². The molecule has 0 bridgehead atoms. The van der Waals surface area contributed by atoms with Crippen LogP contribution in [0, 0.1) is 11.6 Å². The predicted octanol–water partition coefficient (Wildman–Crippen LogP) is 4.33. The first-order valence-corrected chi connectivity index (χ1v) is 6.90. The third-order valence-corrected chi connectivity index (χ3v) is 3.40. The van der Waals surface area contributed by atoms with Gasteiger partial charge in [0.1, 0.15) is 11.6 Å². The van der Waals surface area contributed by atoms with Gasteiger partial charge in [-0.3, -0.25) is 0 Å². The highest BCUT2D eigenvalue weighted by atomic mass is 19.1. The van der Waals surface area contributed by atoms with Crippen molar-refractivity contribution in [2.24, 2.45) is 0 Å². The summed E-state index contributed by atoms with van der Waals surface area (Å²) in [6.45, 7) is 2.34. The molecule has 1 atom stereocenters. The molecule has 1 unspecified atom stereocenters. The molecule has 0 spiro atoms. The van der Waals surface area contributed by atoms with Crippen molar-refractivity contribution < 1.29 is 13.5 Å². The number of hydrogen-bond donors (Lipinski definition) is 1. The Morgan fingerprint density at radius 1 is 1.05 bits per heavy atom. The molecule has 0 radical (unpaired) electrons. The van der Waals surface area contributed by atoms with Crippen LogP contribution in [-0.4, -0.2) is 13.7 Å². The fraction of sp³-hybridized carbons (Fsp3) is 0.294. The van der Waals surface area contributed by atoms with E-state index in [1.807, 2.05) is 24.3 Å². The maximum atomic E-state index is 13.8. The molecule has 2 aromatic rings. The summed E-state index contributed by atoms with van der Waals surface area (Å²) >= 11 is 0. The minimum Gasteiger partial charge on any atom is -0.384 e. The molecule has 0 aliphatic rings. The van der Waals surface area contributed by atoms with Crippen molar-refractivity contribution in [3.8, 4) is 0 Å². The largest absolute Gasteiger partial charge is 0.384 e. The smallest absolute Gasteiger partial charge is 0.131 e. The molecule has 0 amide bonds. The molecule has 1 N–H and O–H groups in total. The standard InChI is InChI=1S/C17H19F2NO/c1-12(17-14(18)7-5-8-15(17)19)20-16-9-4-3-6-13(16)10-11-21-2/h3-9,12,20H,10-11H2,1-2H3. The van der Waals surface area contributed by atoms with Crippen molar-refractivity contribution >= 4 is 5.69 Å². The van der Waals surface area contributed by atoms with Crippen molar-refractivity contribution in [2.45, 2.75) is 19.4 Å². The first-order chi connectivity index (χ1) is 10.1. The SMILES string of the molecule is COCCc1ccccc1NC(C)c1c(F)cccc1F. The number of ether oxygens (including phenoxy) is 1. The van der Waals surface area contributed by atoms with Gasteiger partial charge in [0.15, 0.2) is 0 Å². The molecule has 4 heteroatoms. The second-order valence-corrected chi connectivity index (χ2v) is 4.90. The van der Waals surface area contributed by atoms with Crippen LogP contribution in [0.2, 0.25) is 0 Å². The van der Waals surface area contributed by atoms with Gasteiger partial charge in [-0.2, -0.15) is 0 Å². The van der Waals surface area contributed by atoms with Gasteiger partial charge in [-0.25, -0.2) is 8.78 Å². The fourth-order valence-corrected chi connectivity index (χ4v) is 2.32. The lowest BCUT2D eigenvalue weighted by atomic mass is 10.0. The number of hydrogen-bond acceptors (Lipinski definition) is 2. The van der Waals surface area contributed by atoms with Crippen LogP contribution in [0.1, 0.15) is 24.1 Å². The molecule has 0 fully saturated rings. The van der Waals surface area contributed by atoms with Crippen LogP contribution in [0.3, 0.4) is 0 Å². The average molecular weight is 291 g/mol. The van der Waals surface area contributed by atoms with Crippen LogP contribution in [0.4, 0.5) is 14.5 Å². The zero-order valence-corrected chi connectivity index (χ0v) is 12.2. The Bertz CT molecular complexity index is 581. The number of anilines is 1. The third kappa shape index (κ3) is 3.79. The van der Waals surface area contributed by atoms with E-state index in [0.717, 1.165) is 17.7 Å². The van der Waals surface area contributed by atoms with E-state index in [4.69, 9.17) is 4.74 Å². The molecule has 112 valence electrons. The monoisotopic (exact) mass is 291 g/mol. The average Bonchev–Trinajstić information content (AvgIpc) is 2.46. The van der Waals surface area contributed by atoms with E-state index in [9.17, 15) is 8.78 Å². The number of benzene rings is 2. The van der Waals surface area contributed by atoms with E-state index in [0.29, 0.717) is 6.61 Å². The first-order valence-electron chi connectivity index (χ1n) is 6.90. The van der Waals surface area contributed by atoms with Gasteiger partial charge in [0.2, 0.25) is 0 Å².